The van der Waals surface area contributed by atoms with Crippen molar-refractivity contribution in [3.05, 3.63) is 47.5 Å². The molecule has 2 fully saturated rings. The summed E-state index contributed by atoms with van der Waals surface area (Å²) in [7, 11) is -3.92. The number of halogens is 1. The Bertz CT molecular complexity index is 1060. The van der Waals surface area contributed by atoms with Gasteiger partial charge in [0.15, 0.2) is 0 Å². The van der Waals surface area contributed by atoms with E-state index in [1.165, 1.54) is 24.4 Å². The average Bonchev–Trinajstić information content (AvgIpc) is 3.30. The van der Waals surface area contributed by atoms with Crippen molar-refractivity contribution in [2.45, 2.75) is 68.8 Å². The molecule has 1 saturated heterocycles. The number of aromatic nitrogens is 2. The fourth-order valence-corrected chi connectivity index (χ4v) is 5.53. The molecule has 1 aromatic carbocycles. The molecule has 0 bridgehead atoms. The van der Waals surface area contributed by atoms with E-state index in [4.69, 9.17) is 4.74 Å². The van der Waals surface area contributed by atoms with Crippen LogP contribution >= 0.6 is 0 Å². The van der Waals surface area contributed by atoms with Gasteiger partial charge in [0.1, 0.15) is 5.82 Å². The number of sulfone groups is 1. The number of imidazole rings is 1. The van der Waals surface area contributed by atoms with Gasteiger partial charge in [-0.05, 0) is 38.7 Å². The maximum Gasteiger partial charge on any atom is 0.317 e. The van der Waals surface area contributed by atoms with E-state index >= 15 is 0 Å². The second-order valence-electron chi connectivity index (χ2n) is 8.32. The van der Waals surface area contributed by atoms with Crippen LogP contribution in [0.25, 0.3) is 0 Å². The molecule has 4 rings (SSSR count). The number of carbonyl (C=O) groups is 1. The van der Waals surface area contributed by atoms with E-state index in [0.717, 1.165) is 25.7 Å². The minimum atomic E-state index is -3.92. The van der Waals surface area contributed by atoms with Crippen molar-refractivity contribution < 1.29 is 22.3 Å². The summed E-state index contributed by atoms with van der Waals surface area (Å²) in [4.78, 5) is 18.5. The smallest absolute Gasteiger partial charge is 0.317 e. The van der Waals surface area contributed by atoms with Crippen LogP contribution in [-0.2, 0) is 33.4 Å². The Balaban J connectivity index is 1.65. The van der Waals surface area contributed by atoms with Gasteiger partial charge in [-0.25, -0.2) is 22.6 Å². The number of benzene rings is 1. The summed E-state index contributed by atoms with van der Waals surface area (Å²) in [6, 6.07) is 5.81. The third-order valence-electron chi connectivity index (χ3n) is 5.80. The molecule has 10 heteroatoms. The molecule has 2 heterocycles. The van der Waals surface area contributed by atoms with Crippen LogP contribution in [0.15, 0.2) is 35.6 Å². The van der Waals surface area contributed by atoms with Gasteiger partial charge >= 0.3 is 6.03 Å². The highest BCUT2D eigenvalue weighted by Gasteiger charge is 2.34. The molecule has 0 spiro atoms. The van der Waals surface area contributed by atoms with E-state index in [0.29, 0.717) is 25.4 Å². The fourth-order valence-electron chi connectivity index (χ4n) is 4.02. The van der Waals surface area contributed by atoms with Gasteiger partial charge in [0.05, 0.1) is 36.8 Å². The number of amides is 2. The van der Waals surface area contributed by atoms with E-state index in [-0.39, 0.29) is 35.4 Å². The SMILES string of the molecule is CCNC(=O)N(Cc1cnc(S(=O)(=O)Cc2ccccc2F)n1C[C@@H]1CCCO1)C1CC1. The molecule has 0 unspecified atom stereocenters. The molecule has 8 nitrogen and oxygen atoms in total. The summed E-state index contributed by atoms with van der Waals surface area (Å²) >= 11 is 0. The molecule has 32 heavy (non-hydrogen) atoms. The molecule has 1 aliphatic carbocycles. The normalized spacial score (nSPS) is 18.6. The van der Waals surface area contributed by atoms with E-state index in [2.05, 4.69) is 10.3 Å². The second-order valence-corrected chi connectivity index (χ2v) is 10.2. The van der Waals surface area contributed by atoms with Gasteiger partial charge in [-0.1, -0.05) is 18.2 Å². The molecule has 1 saturated carbocycles. The lowest BCUT2D eigenvalue weighted by molar-refractivity contribution is 0.0934. The highest BCUT2D eigenvalue weighted by Crippen LogP contribution is 2.30. The van der Waals surface area contributed by atoms with Gasteiger partial charge < -0.3 is 19.5 Å². The van der Waals surface area contributed by atoms with Crippen LogP contribution in [0.2, 0.25) is 0 Å². The largest absolute Gasteiger partial charge is 0.376 e. The van der Waals surface area contributed by atoms with Gasteiger partial charge in [-0.2, -0.15) is 0 Å². The third-order valence-corrected chi connectivity index (χ3v) is 7.38. The zero-order chi connectivity index (χ0) is 22.7. The molecule has 2 aliphatic rings. The first kappa shape index (κ1) is 22.7. The lowest BCUT2D eigenvalue weighted by atomic mass is 10.2. The zero-order valence-electron chi connectivity index (χ0n) is 18.2. The molecular weight excluding hydrogens is 435 g/mol. The van der Waals surface area contributed by atoms with Gasteiger partial charge in [0.25, 0.3) is 0 Å². The number of hydrogen-bond acceptors (Lipinski definition) is 5. The molecule has 2 aromatic rings. The molecule has 0 radical (unpaired) electrons. The predicted molar refractivity (Wildman–Crippen MR) is 116 cm³/mol. The van der Waals surface area contributed by atoms with Gasteiger partial charge in [-0.15, -0.1) is 0 Å². The second kappa shape index (κ2) is 9.58. The number of hydrogen-bond donors (Lipinski definition) is 1. The van der Waals surface area contributed by atoms with Crippen molar-refractivity contribution in [3.63, 3.8) is 0 Å². The summed E-state index contributed by atoms with van der Waals surface area (Å²) in [5.41, 5.74) is 0.730. The van der Waals surface area contributed by atoms with Gasteiger partial charge in [0.2, 0.25) is 15.0 Å². The number of rotatable bonds is 9. The van der Waals surface area contributed by atoms with Crippen molar-refractivity contribution in [2.75, 3.05) is 13.2 Å². The summed E-state index contributed by atoms with van der Waals surface area (Å²) in [5.74, 6) is -1.05. The first-order chi connectivity index (χ1) is 15.4. The Morgan fingerprint density at radius 2 is 2.09 bits per heavy atom. The molecule has 174 valence electrons. The number of nitrogens with one attached hydrogen (secondary N) is 1. The minimum Gasteiger partial charge on any atom is -0.376 e. The first-order valence-electron chi connectivity index (χ1n) is 11.1. The lowest BCUT2D eigenvalue weighted by Gasteiger charge is -2.24. The summed E-state index contributed by atoms with van der Waals surface area (Å²) < 4.78 is 48.0. The van der Waals surface area contributed by atoms with Crippen LogP contribution in [0.4, 0.5) is 9.18 Å². The molecular formula is C22H29FN4O4S. The van der Waals surface area contributed by atoms with Crippen molar-refractivity contribution in [1.29, 1.82) is 0 Å². The Labute approximate surface area is 187 Å². The Kier molecular flexibility index (Phi) is 6.80. The molecule has 1 aromatic heterocycles. The van der Waals surface area contributed by atoms with Crippen LogP contribution < -0.4 is 5.32 Å². The fraction of sp³-hybridized carbons (Fsp3) is 0.545. The summed E-state index contributed by atoms with van der Waals surface area (Å²) in [5, 5.41) is 2.72. The number of ether oxygens (including phenoxy) is 1. The van der Waals surface area contributed by atoms with Crippen molar-refractivity contribution in [3.8, 4) is 0 Å². The lowest BCUT2D eigenvalue weighted by Crippen LogP contribution is -2.41. The third kappa shape index (κ3) is 5.12. The van der Waals surface area contributed by atoms with E-state index < -0.39 is 21.4 Å². The Hall–Kier alpha value is -2.46. The maximum atomic E-state index is 14.1. The topological polar surface area (TPSA) is 93.5 Å². The average molecular weight is 465 g/mol. The minimum absolute atomic E-state index is 0.0997. The van der Waals surface area contributed by atoms with Crippen LogP contribution in [0.1, 0.15) is 43.9 Å². The molecule has 1 atom stereocenters. The Morgan fingerprint density at radius 1 is 1.31 bits per heavy atom. The molecule has 1 aliphatic heterocycles. The zero-order valence-corrected chi connectivity index (χ0v) is 19.0. The van der Waals surface area contributed by atoms with Crippen LogP contribution in [0.3, 0.4) is 0 Å². The van der Waals surface area contributed by atoms with Crippen molar-refractivity contribution in [2.24, 2.45) is 0 Å². The monoisotopic (exact) mass is 464 g/mol. The standard InChI is InChI=1S/C22H29FN4O4S/c1-2-24-21(28)26(17-9-10-17)13-18-12-25-22(27(18)14-19-7-5-11-31-19)32(29,30)15-16-6-3-4-8-20(16)23/h3-4,6,8,12,17,19H,2,5,7,9-11,13-15H2,1H3,(H,24,28)/t19-/m0/s1. The highest BCUT2D eigenvalue weighted by molar-refractivity contribution is 7.90. The van der Waals surface area contributed by atoms with E-state index in [1.807, 2.05) is 6.92 Å². The van der Waals surface area contributed by atoms with Crippen molar-refractivity contribution >= 4 is 15.9 Å². The number of urea groups is 1. The number of carbonyl (C=O) groups excluding carboxylic acids is 1. The molecule has 2 amide bonds. The predicted octanol–water partition coefficient (Wildman–Crippen LogP) is 2.87. The van der Waals surface area contributed by atoms with E-state index in [1.54, 1.807) is 15.5 Å². The van der Waals surface area contributed by atoms with Gasteiger partial charge in [0, 0.05) is 24.8 Å². The Morgan fingerprint density at radius 3 is 2.75 bits per heavy atom. The maximum absolute atomic E-state index is 14.1. The highest BCUT2D eigenvalue weighted by atomic mass is 32.2. The van der Waals surface area contributed by atoms with Crippen LogP contribution in [-0.4, -0.2) is 54.2 Å². The number of nitrogens with zero attached hydrogens (tertiary/aromatic N) is 3. The quantitative estimate of drug-likeness (QED) is 0.616. The van der Waals surface area contributed by atoms with E-state index in [9.17, 15) is 17.6 Å². The van der Waals surface area contributed by atoms with Crippen LogP contribution in [0.5, 0.6) is 0 Å². The first-order valence-corrected chi connectivity index (χ1v) is 12.7. The molecule has 1 N–H and O–H groups in total. The summed E-state index contributed by atoms with van der Waals surface area (Å²) in [6.45, 7) is 3.59. The van der Waals surface area contributed by atoms with Gasteiger partial charge in [-0.3, -0.25) is 0 Å². The van der Waals surface area contributed by atoms with Crippen LogP contribution in [0, 0.1) is 5.82 Å². The summed E-state index contributed by atoms with van der Waals surface area (Å²) in [6.07, 6.45) is 4.98. The van der Waals surface area contributed by atoms with Crippen molar-refractivity contribution in [1.82, 2.24) is 19.8 Å².